The maximum Gasteiger partial charge on any atom is 0.220 e. The van der Waals surface area contributed by atoms with Crippen LogP contribution in [0.4, 0.5) is 0 Å². The van der Waals surface area contributed by atoms with Crippen molar-refractivity contribution in [2.45, 2.75) is 32.2 Å². The fraction of sp³-hybridized carbons (Fsp3) is 0.875. The molecule has 1 rings (SSSR count). The van der Waals surface area contributed by atoms with E-state index >= 15 is 0 Å². The molecule has 64 valence electrons. The van der Waals surface area contributed by atoms with Crippen LogP contribution in [0.15, 0.2) is 0 Å². The first-order valence-corrected chi connectivity index (χ1v) is 4.20. The molecule has 0 saturated carbocycles. The highest BCUT2D eigenvalue weighted by atomic mass is 16.5. The van der Waals surface area contributed by atoms with E-state index in [4.69, 9.17) is 4.74 Å². The van der Waals surface area contributed by atoms with Gasteiger partial charge in [-0.1, -0.05) is 6.92 Å². The summed E-state index contributed by atoms with van der Waals surface area (Å²) in [5.74, 6) is 0.156. The summed E-state index contributed by atoms with van der Waals surface area (Å²) in [6, 6.07) is 0.272. The number of hydrogen-bond acceptors (Lipinski definition) is 2. The Balaban J connectivity index is 2.13. The van der Waals surface area contributed by atoms with E-state index in [1.54, 1.807) is 0 Å². The van der Waals surface area contributed by atoms with E-state index in [9.17, 15) is 4.79 Å². The van der Waals surface area contributed by atoms with E-state index in [0.29, 0.717) is 13.0 Å². The number of ether oxygens (including phenoxy) is 1. The molecule has 1 aliphatic rings. The van der Waals surface area contributed by atoms with Gasteiger partial charge in [0.25, 0.3) is 0 Å². The van der Waals surface area contributed by atoms with Gasteiger partial charge in [-0.2, -0.15) is 0 Å². The smallest absolute Gasteiger partial charge is 0.220 e. The first kappa shape index (κ1) is 8.53. The molecule has 0 unspecified atom stereocenters. The molecule has 1 heterocycles. The topological polar surface area (TPSA) is 38.3 Å². The molecule has 3 nitrogen and oxygen atoms in total. The Labute approximate surface area is 67.1 Å². The van der Waals surface area contributed by atoms with Crippen molar-refractivity contribution in [1.29, 1.82) is 0 Å². The maximum atomic E-state index is 11.0. The monoisotopic (exact) mass is 157 g/mol. The van der Waals surface area contributed by atoms with E-state index < -0.39 is 0 Å². The van der Waals surface area contributed by atoms with Crippen molar-refractivity contribution in [2.24, 2.45) is 0 Å². The van der Waals surface area contributed by atoms with E-state index in [1.807, 2.05) is 6.92 Å². The third-order valence-electron chi connectivity index (χ3n) is 1.77. The van der Waals surface area contributed by atoms with Gasteiger partial charge >= 0.3 is 0 Å². The zero-order valence-electron chi connectivity index (χ0n) is 6.93. The summed E-state index contributed by atoms with van der Waals surface area (Å²) >= 11 is 0. The van der Waals surface area contributed by atoms with E-state index in [0.717, 1.165) is 19.4 Å². The summed E-state index contributed by atoms with van der Waals surface area (Å²) in [5, 5.41) is 2.92. The molecule has 1 aliphatic heterocycles. The van der Waals surface area contributed by atoms with Crippen LogP contribution in [0, 0.1) is 0 Å². The van der Waals surface area contributed by atoms with Crippen LogP contribution in [-0.4, -0.2) is 25.2 Å². The summed E-state index contributed by atoms with van der Waals surface area (Å²) in [6.07, 6.45) is 2.52. The Morgan fingerprint density at radius 3 is 3.09 bits per heavy atom. The van der Waals surface area contributed by atoms with Gasteiger partial charge in [0.05, 0.1) is 12.6 Å². The van der Waals surface area contributed by atoms with E-state index in [2.05, 4.69) is 5.32 Å². The lowest BCUT2D eigenvalue weighted by Crippen LogP contribution is -2.34. The average molecular weight is 157 g/mol. The van der Waals surface area contributed by atoms with E-state index in [-0.39, 0.29) is 11.9 Å². The molecular formula is C8H15NO2. The molecule has 1 N–H and O–H groups in total. The number of rotatable bonds is 3. The molecule has 3 heteroatoms. The van der Waals surface area contributed by atoms with Crippen molar-refractivity contribution >= 4 is 5.91 Å². The van der Waals surface area contributed by atoms with Crippen LogP contribution in [-0.2, 0) is 9.53 Å². The van der Waals surface area contributed by atoms with Gasteiger partial charge in [-0.05, 0) is 12.8 Å². The third-order valence-corrected chi connectivity index (χ3v) is 1.77. The van der Waals surface area contributed by atoms with Crippen molar-refractivity contribution in [3.63, 3.8) is 0 Å². The van der Waals surface area contributed by atoms with Crippen molar-refractivity contribution in [1.82, 2.24) is 5.32 Å². The molecule has 0 bridgehead atoms. The minimum absolute atomic E-state index is 0.156. The first-order chi connectivity index (χ1) is 5.33. The van der Waals surface area contributed by atoms with Gasteiger partial charge in [0, 0.05) is 13.0 Å². The molecule has 11 heavy (non-hydrogen) atoms. The quantitative estimate of drug-likeness (QED) is 0.654. The lowest BCUT2D eigenvalue weighted by Gasteiger charge is -2.08. The van der Waals surface area contributed by atoms with Gasteiger partial charge in [-0.15, -0.1) is 0 Å². The summed E-state index contributed by atoms with van der Waals surface area (Å²) in [6.45, 7) is 3.48. The van der Waals surface area contributed by atoms with Gasteiger partial charge in [0.15, 0.2) is 0 Å². The predicted octanol–water partition coefficient (Wildman–Crippen LogP) is 0.692. The lowest BCUT2D eigenvalue weighted by atomic mass is 10.2. The van der Waals surface area contributed by atoms with Crippen molar-refractivity contribution in [3.05, 3.63) is 0 Å². The summed E-state index contributed by atoms with van der Waals surface area (Å²) in [7, 11) is 0. The first-order valence-electron chi connectivity index (χ1n) is 4.20. The molecule has 0 aromatic carbocycles. The second kappa shape index (κ2) is 4.34. The van der Waals surface area contributed by atoms with Gasteiger partial charge in [0.2, 0.25) is 5.91 Å². The predicted molar refractivity (Wildman–Crippen MR) is 42.3 cm³/mol. The van der Waals surface area contributed by atoms with Crippen LogP contribution < -0.4 is 5.32 Å². The second-order valence-electron chi connectivity index (χ2n) is 2.88. The molecule has 0 spiro atoms. The molecule has 0 aromatic rings. The lowest BCUT2D eigenvalue weighted by molar-refractivity contribution is -0.121. The van der Waals surface area contributed by atoms with Crippen molar-refractivity contribution < 1.29 is 9.53 Å². The number of carbonyl (C=O) groups excluding carboxylic acids is 1. The third kappa shape index (κ3) is 2.89. The minimum Gasteiger partial charge on any atom is -0.379 e. The molecule has 1 saturated heterocycles. The van der Waals surface area contributed by atoms with Crippen molar-refractivity contribution in [2.75, 3.05) is 13.2 Å². The molecule has 1 amide bonds. The standard InChI is InChI=1S/C8H15NO2/c1-2-3-8(10)9-7-4-5-11-6-7/h7H,2-6H2,1H3,(H,9,10)/t7-/m1/s1. The minimum atomic E-state index is 0.156. The van der Waals surface area contributed by atoms with Gasteiger partial charge in [0.1, 0.15) is 0 Å². The highest BCUT2D eigenvalue weighted by Crippen LogP contribution is 2.03. The average Bonchev–Trinajstić information content (AvgIpc) is 2.40. The molecule has 0 aliphatic carbocycles. The second-order valence-corrected chi connectivity index (χ2v) is 2.88. The molecule has 1 fully saturated rings. The Morgan fingerprint density at radius 2 is 2.55 bits per heavy atom. The zero-order valence-corrected chi connectivity index (χ0v) is 6.93. The fourth-order valence-electron chi connectivity index (χ4n) is 1.18. The van der Waals surface area contributed by atoms with Crippen LogP contribution in [0.1, 0.15) is 26.2 Å². The Kier molecular flexibility index (Phi) is 3.36. The van der Waals surface area contributed by atoms with Crippen molar-refractivity contribution in [3.8, 4) is 0 Å². The summed E-state index contributed by atoms with van der Waals surface area (Å²) in [5.41, 5.74) is 0. The van der Waals surface area contributed by atoms with Crippen LogP contribution in [0.2, 0.25) is 0 Å². The molecule has 1 atom stereocenters. The Bertz CT molecular complexity index is 130. The Morgan fingerprint density at radius 1 is 1.73 bits per heavy atom. The van der Waals surface area contributed by atoms with Gasteiger partial charge < -0.3 is 10.1 Å². The highest BCUT2D eigenvalue weighted by Gasteiger charge is 2.16. The van der Waals surface area contributed by atoms with Crippen LogP contribution in [0.3, 0.4) is 0 Å². The van der Waals surface area contributed by atoms with Crippen LogP contribution in [0.25, 0.3) is 0 Å². The van der Waals surface area contributed by atoms with Gasteiger partial charge in [-0.3, -0.25) is 4.79 Å². The summed E-state index contributed by atoms with van der Waals surface area (Å²) in [4.78, 5) is 11.0. The normalized spacial score (nSPS) is 23.5. The number of hydrogen-bond donors (Lipinski definition) is 1. The number of nitrogens with one attached hydrogen (secondary N) is 1. The highest BCUT2D eigenvalue weighted by molar-refractivity contribution is 5.76. The molecule has 0 radical (unpaired) electrons. The Hall–Kier alpha value is -0.570. The van der Waals surface area contributed by atoms with Crippen LogP contribution in [0.5, 0.6) is 0 Å². The van der Waals surface area contributed by atoms with Gasteiger partial charge in [-0.25, -0.2) is 0 Å². The largest absolute Gasteiger partial charge is 0.379 e. The number of carbonyl (C=O) groups is 1. The zero-order chi connectivity index (χ0) is 8.10. The summed E-state index contributed by atoms with van der Waals surface area (Å²) < 4.78 is 5.12. The molecular weight excluding hydrogens is 142 g/mol. The number of amides is 1. The SMILES string of the molecule is CCCC(=O)N[C@@H]1CCOC1. The maximum absolute atomic E-state index is 11.0. The molecule has 0 aromatic heterocycles. The fourth-order valence-corrected chi connectivity index (χ4v) is 1.18. The van der Waals surface area contributed by atoms with E-state index in [1.165, 1.54) is 0 Å². The van der Waals surface area contributed by atoms with Crippen LogP contribution >= 0.6 is 0 Å².